The molecular weight excluding hydrogens is 515 g/mol. The number of morpholine rings is 1. The number of alkyl halides is 3. The van der Waals surface area contributed by atoms with Crippen LogP contribution < -0.4 is 10.2 Å². The molecule has 0 aliphatic carbocycles. The maximum atomic E-state index is 13.9. The molecule has 39 heavy (non-hydrogen) atoms. The summed E-state index contributed by atoms with van der Waals surface area (Å²) in [6.45, 7) is 2.40. The number of piperidine rings is 1. The van der Waals surface area contributed by atoms with Crippen LogP contribution in [0.2, 0.25) is 0 Å². The van der Waals surface area contributed by atoms with Gasteiger partial charge in [-0.15, -0.1) is 0 Å². The number of para-hydroxylation sites is 2. The Kier molecular flexibility index (Phi) is 7.39. The van der Waals surface area contributed by atoms with Crippen LogP contribution in [0.15, 0.2) is 54.6 Å². The highest BCUT2D eigenvalue weighted by Gasteiger charge is 2.54. The molecule has 3 fully saturated rings. The summed E-state index contributed by atoms with van der Waals surface area (Å²) in [5.41, 5.74) is -1.38. The second-order valence-corrected chi connectivity index (χ2v) is 9.89. The van der Waals surface area contributed by atoms with E-state index in [0.29, 0.717) is 26.3 Å². The number of carbonyl (C=O) groups is 3. The largest absolute Gasteiger partial charge is 0.418 e. The summed E-state index contributed by atoms with van der Waals surface area (Å²) in [4.78, 5) is 46.4. The van der Waals surface area contributed by atoms with Gasteiger partial charge in [0.2, 0.25) is 5.91 Å². The molecule has 1 spiro atoms. The van der Waals surface area contributed by atoms with Crippen molar-refractivity contribution in [1.82, 2.24) is 14.7 Å². The highest BCUT2D eigenvalue weighted by atomic mass is 19.4. The molecule has 0 saturated carbocycles. The van der Waals surface area contributed by atoms with Crippen molar-refractivity contribution < 1.29 is 32.3 Å². The number of nitrogens with zero attached hydrogens (tertiary/aromatic N) is 4. The van der Waals surface area contributed by atoms with E-state index in [4.69, 9.17) is 4.74 Å². The van der Waals surface area contributed by atoms with Crippen LogP contribution in [-0.2, 0) is 20.5 Å². The zero-order valence-electron chi connectivity index (χ0n) is 21.3. The first kappa shape index (κ1) is 26.8. The minimum Gasteiger partial charge on any atom is -0.378 e. The van der Waals surface area contributed by atoms with Crippen molar-refractivity contribution >= 4 is 29.2 Å². The zero-order valence-corrected chi connectivity index (χ0v) is 21.3. The average Bonchev–Trinajstić information content (AvgIpc) is 3.20. The van der Waals surface area contributed by atoms with Crippen LogP contribution in [0.3, 0.4) is 0 Å². The SMILES string of the molecule is O=C(CN1CN(c2ccccc2)C2(CCN(C(=O)Nc3ccccc3C(F)(F)F)CC2)C1=O)N1CCOCC1. The number of benzene rings is 2. The molecule has 2 aromatic rings. The van der Waals surface area contributed by atoms with E-state index in [1.54, 1.807) is 9.80 Å². The summed E-state index contributed by atoms with van der Waals surface area (Å²) in [7, 11) is 0. The van der Waals surface area contributed by atoms with Gasteiger partial charge in [0.15, 0.2) is 0 Å². The van der Waals surface area contributed by atoms with E-state index < -0.39 is 23.3 Å². The molecule has 0 aromatic heterocycles. The van der Waals surface area contributed by atoms with Crippen LogP contribution in [0.1, 0.15) is 18.4 Å². The lowest BCUT2D eigenvalue weighted by Crippen LogP contribution is -2.58. The van der Waals surface area contributed by atoms with Gasteiger partial charge in [-0.1, -0.05) is 30.3 Å². The first-order valence-corrected chi connectivity index (χ1v) is 12.9. The van der Waals surface area contributed by atoms with Gasteiger partial charge in [-0.25, -0.2) is 4.79 Å². The molecule has 0 bridgehead atoms. The minimum absolute atomic E-state index is 0.0532. The number of hydrogen-bond acceptors (Lipinski definition) is 5. The van der Waals surface area contributed by atoms with E-state index in [1.807, 2.05) is 35.2 Å². The molecule has 12 heteroatoms. The number of amides is 4. The maximum absolute atomic E-state index is 13.9. The van der Waals surface area contributed by atoms with Crippen LogP contribution in [0.25, 0.3) is 0 Å². The molecule has 3 aliphatic heterocycles. The van der Waals surface area contributed by atoms with Gasteiger partial charge in [-0.05, 0) is 37.1 Å². The third-order valence-corrected chi connectivity index (χ3v) is 7.62. The van der Waals surface area contributed by atoms with Crippen LogP contribution in [-0.4, -0.2) is 90.7 Å². The number of hydrogen-bond donors (Lipinski definition) is 1. The van der Waals surface area contributed by atoms with Crippen molar-refractivity contribution in [3.63, 3.8) is 0 Å². The molecule has 3 aliphatic rings. The van der Waals surface area contributed by atoms with Gasteiger partial charge in [0.1, 0.15) is 12.1 Å². The minimum atomic E-state index is -4.61. The molecule has 3 heterocycles. The Hall–Kier alpha value is -3.80. The van der Waals surface area contributed by atoms with E-state index in [9.17, 15) is 27.6 Å². The van der Waals surface area contributed by atoms with Crippen molar-refractivity contribution in [2.75, 3.05) is 62.8 Å². The predicted molar refractivity (Wildman–Crippen MR) is 137 cm³/mol. The van der Waals surface area contributed by atoms with Gasteiger partial charge in [0.25, 0.3) is 5.91 Å². The summed E-state index contributed by atoms with van der Waals surface area (Å²) in [5, 5.41) is 2.39. The quantitative estimate of drug-likeness (QED) is 0.638. The van der Waals surface area contributed by atoms with E-state index >= 15 is 0 Å². The predicted octanol–water partition coefficient (Wildman–Crippen LogP) is 3.24. The molecule has 1 N–H and O–H groups in total. The number of likely N-dealkylation sites (tertiary alicyclic amines) is 1. The van der Waals surface area contributed by atoms with Gasteiger partial charge >= 0.3 is 12.2 Å². The van der Waals surface area contributed by atoms with Crippen LogP contribution >= 0.6 is 0 Å². The lowest BCUT2D eigenvalue weighted by atomic mass is 9.85. The Labute approximate surface area is 224 Å². The Morgan fingerprint density at radius 2 is 1.54 bits per heavy atom. The van der Waals surface area contributed by atoms with Crippen molar-refractivity contribution in [3.8, 4) is 0 Å². The van der Waals surface area contributed by atoms with Crippen molar-refractivity contribution in [3.05, 3.63) is 60.2 Å². The van der Waals surface area contributed by atoms with Gasteiger partial charge < -0.3 is 29.7 Å². The molecule has 9 nitrogen and oxygen atoms in total. The number of nitrogens with one attached hydrogen (secondary N) is 1. The zero-order chi connectivity index (χ0) is 27.6. The summed E-state index contributed by atoms with van der Waals surface area (Å²) >= 11 is 0. The third kappa shape index (κ3) is 5.38. The number of ether oxygens (including phenoxy) is 1. The number of carbonyl (C=O) groups excluding carboxylic acids is 3. The van der Waals surface area contributed by atoms with Crippen LogP contribution in [0, 0.1) is 0 Å². The van der Waals surface area contributed by atoms with E-state index in [2.05, 4.69) is 5.32 Å². The Bertz CT molecular complexity index is 1210. The highest BCUT2D eigenvalue weighted by molar-refractivity contribution is 5.97. The first-order valence-electron chi connectivity index (χ1n) is 12.9. The fourth-order valence-corrected chi connectivity index (χ4v) is 5.51. The number of halogens is 3. The van der Waals surface area contributed by atoms with Crippen molar-refractivity contribution in [1.29, 1.82) is 0 Å². The van der Waals surface area contributed by atoms with Gasteiger partial charge in [0.05, 0.1) is 31.1 Å². The number of urea groups is 1. The maximum Gasteiger partial charge on any atom is 0.418 e. The van der Waals surface area contributed by atoms with E-state index in [0.717, 1.165) is 11.8 Å². The lowest BCUT2D eigenvalue weighted by molar-refractivity contribution is -0.143. The van der Waals surface area contributed by atoms with Crippen molar-refractivity contribution in [2.24, 2.45) is 0 Å². The normalized spacial score (nSPS) is 19.5. The Morgan fingerprint density at radius 1 is 0.897 bits per heavy atom. The Morgan fingerprint density at radius 3 is 2.21 bits per heavy atom. The fourth-order valence-electron chi connectivity index (χ4n) is 5.51. The molecule has 0 unspecified atom stereocenters. The molecule has 208 valence electrons. The van der Waals surface area contributed by atoms with E-state index in [1.165, 1.54) is 23.1 Å². The van der Waals surface area contributed by atoms with E-state index in [-0.39, 0.29) is 56.6 Å². The van der Waals surface area contributed by atoms with Gasteiger partial charge in [-0.3, -0.25) is 9.59 Å². The molecular formula is C27H30F3N5O4. The summed E-state index contributed by atoms with van der Waals surface area (Å²) in [5.74, 6) is -0.327. The summed E-state index contributed by atoms with van der Waals surface area (Å²) < 4.78 is 45.5. The highest BCUT2D eigenvalue weighted by Crippen LogP contribution is 2.40. The third-order valence-electron chi connectivity index (χ3n) is 7.62. The number of anilines is 2. The molecule has 0 radical (unpaired) electrons. The smallest absolute Gasteiger partial charge is 0.378 e. The average molecular weight is 546 g/mol. The molecule has 2 aromatic carbocycles. The standard InChI is InChI=1S/C27H30F3N5O4/c28-27(29,30)21-8-4-5-9-22(21)31-25(38)33-12-10-26(11-13-33)24(37)34(18-23(36)32-14-16-39-17-15-32)19-35(26)20-6-2-1-3-7-20/h1-9H,10-19H2,(H,31,38). The molecule has 0 atom stereocenters. The Balaban J connectivity index is 1.31. The van der Waals surface area contributed by atoms with Gasteiger partial charge in [0, 0.05) is 31.9 Å². The fraction of sp³-hybridized carbons (Fsp3) is 0.444. The molecule has 3 saturated heterocycles. The topological polar surface area (TPSA) is 85.4 Å². The second kappa shape index (κ2) is 10.8. The summed E-state index contributed by atoms with van der Waals surface area (Å²) in [6, 6.07) is 13.6. The number of rotatable bonds is 4. The monoisotopic (exact) mass is 545 g/mol. The van der Waals surface area contributed by atoms with Crippen molar-refractivity contribution in [2.45, 2.75) is 24.6 Å². The lowest BCUT2D eigenvalue weighted by Gasteiger charge is -2.43. The molecule has 5 rings (SSSR count). The second-order valence-electron chi connectivity index (χ2n) is 9.89. The molecule has 4 amide bonds. The first-order chi connectivity index (χ1) is 18.7. The van der Waals surface area contributed by atoms with Crippen LogP contribution in [0.4, 0.5) is 29.3 Å². The summed E-state index contributed by atoms with van der Waals surface area (Å²) in [6.07, 6.45) is -4.06. The van der Waals surface area contributed by atoms with Crippen LogP contribution in [0.5, 0.6) is 0 Å². The van der Waals surface area contributed by atoms with Gasteiger partial charge in [-0.2, -0.15) is 13.2 Å².